The van der Waals surface area contributed by atoms with Crippen LogP contribution in [0.2, 0.25) is 0 Å². The number of nitrogens with zero attached hydrogens (tertiary/aromatic N) is 1. The number of carbonyl (C=O) groups is 2. The van der Waals surface area contributed by atoms with Crippen LogP contribution in [-0.4, -0.2) is 11.8 Å². The summed E-state index contributed by atoms with van der Waals surface area (Å²) < 4.78 is 0. The van der Waals surface area contributed by atoms with Gasteiger partial charge in [0.25, 0.3) is 0 Å². The molecule has 1 saturated heterocycles. The van der Waals surface area contributed by atoms with Crippen molar-refractivity contribution in [3.63, 3.8) is 0 Å². The van der Waals surface area contributed by atoms with Crippen molar-refractivity contribution in [2.75, 3.05) is 4.90 Å². The van der Waals surface area contributed by atoms with Crippen molar-refractivity contribution >= 4 is 17.5 Å². The Morgan fingerprint density at radius 1 is 1.15 bits per heavy atom. The molecule has 3 aliphatic rings. The van der Waals surface area contributed by atoms with E-state index < -0.39 is 5.41 Å². The van der Waals surface area contributed by atoms with Crippen molar-refractivity contribution in [1.82, 2.24) is 0 Å². The van der Waals surface area contributed by atoms with E-state index in [4.69, 9.17) is 0 Å². The molecule has 2 aliphatic carbocycles. The number of fused-ring (bicyclic) bond motifs is 3. The lowest BCUT2D eigenvalue weighted by Crippen LogP contribution is -2.38. The van der Waals surface area contributed by atoms with Gasteiger partial charge in [0.1, 0.15) is 0 Å². The molecule has 2 fully saturated rings. The Bertz CT molecular complexity index is 631. The van der Waals surface area contributed by atoms with Crippen molar-refractivity contribution < 1.29 is 9.59 Å². The topological polar surface area (TPSA) is 37.4 Å². The molecule has 3 heteroatoms. The van der Waals surface area contributed by atoms with Crippen molar-refractivity contribution in [2.45, 2.75) is 26.2 Å². The maximum atomic E-state index is 12.9. The Balaban J connectivity index is 1.73. The molecule has 1 heterocycles. The summed E-state index contributed by atoms with van der Waals surface area (Å²) in [7, 11) is 0. The average Bonchev–Trinajstić information content (AvgIpc) is 3.07. The summed E-state index contributed by atoms with van der Waals surface area (Å²) in [5.41, 5.74) is 1.40. The maximum absolute atomic E-state index is 12.9. The lowest BCUT2D eigenvalue weighted by atomic mass is 9.74. The highest BCUT2D eigenvalue weighted by Crippen LogP contribution is 2.57. The molecule has 0 radical (unpaired) electrons. The third-order valence-corrected chi connectivity index (χ3v) is 5.15. The van der Waals surface area contributed by atoms with Gasteiger partial charge in [-0.2, -0.15) is 0 Å². The minimum atomic E-state index is -0.443. The van der Waals surface area contributed by atoms with Crippen LogP contribution in [0.4, 0.5) is 5.69 Å². The number of imide groups is 1. The standard InChI is InChI=1S/C17H17NO2/c1-11-2-6-14(7-3-11)18-15(19)10-17(16(18)20)9-12-4-5-13(17)8-12/h2-7,12-13H,8-10H2,1H3/t12-,13-,17-/m0/s1. The molecule has 0 unspecified atom stereocenters. The zero-order valence-electron chi connectivity index (χ0n) is 11.5. The SMILES string of the molecule is Cc1ccc(N2C(=O)C[C@]3(C[C@H]4C=C[C@H]3C4)C2=O)cc1. The van der Waals surface area contributed by atoms with Gasteiger partial charge in [0, 0.05) is 6.42 Å². The summed E-state index contributed by atoms with van der Waals surface area (Å²) in [6.07, 6.45) is 6.63. The minimum absolute atomic E-state index is 0.0169. The number of hydrogen-bond donors (Lipinski definition) is 0. The third kappa shape index (κ3) is 1.41. The molecule has 0 N–H and O–H groups in total. The van der Waals surface area contributed by atoms with E-state index in [1.165, 1.54) is 4.90 Å². The van der Waals surface area contributed by atoms with Gasteiger partial charge in [0.15, 0.2) is 0 Å². The fourth-order valence-electron chi connectivity index (χ4n) is 4.12. The van der Waals surface area contributed by atoms with E-state index >= 15 is 0 Å². The molecule has 2 bridgehead atoms. The molecule has 4 rings (SSSR count). The number of rotatable bonds is 1. The number of benzene rings is 1. The summed E-state index contributed by atoms with van der Waals surface area (Å²) >= 11 is 0. The normalized spacial score (nSPS) is 34.8. The molecule has 1 aliphatic heterocycles. The van der Waals surface area contributed by atoms with Gasteiger partial charge in [-0.1, -0.05) is 29.8 Å². The predicted molar refractivity (Wildman–Crippen MR) is 76.1 cm³/mol. The van der Waals surface area contributed by atoms with E-state index in [2.05, 4.69) is 12.2 Å². The highest BCUT2D eigenvalue weighted by atomic mass is 16.2. The van der Waals surface area contributed by atoms with Crippen molar-refractivity contribution in [2.24, 2.45) is 17.3 Å². The van der Waals surface area contributed by atoms with E-state index in [1.807, 2.05) is 31.2 Å². The Kier molecular flexibility index (Phi) is 2.27. The molecule has 2 amide bonds. The molecule has 1 saturated carbocycles. The van der Waals surface area contributed by atoms with Crippen LogP contribution in [0.5, 0.6) is 0 Å². The summed E-state index contributed by atoms with van der Waals surface area (Å²) in [5, 5.41) is 0. The quantitative estimate of drug-likeness (QED) is 0.579. The van der Waals surface area contributed by atoms with Gasteiger partial charge in [-0.25, -0.2) is 0 Å². The highest BCUT2D eigenvalue weighted by molar-refractivity contribution is 6.23. The largest absolute Gasteiger partial charge is 0.274 e. The smallest absolute Gasteiger partial charge is 0.241 e. The van der Waals surface area contributed by atoms with Crippen LogP contribution in [0.1, 0.15) is 24.8 Å². The third-order valence-electron chi connectivity index (χ3n) is 5.15. The first-order valence-electron chi connectivity index (χ1n) is 7.22. The van der Waals surface area contributed by atoms with E-state index in [0.717, 1.165) is 18.4 Å². The number of aryl methyl sites for hydroxylation is 1. The number of hydrogen-bond acceptors (Lipinski definition) is 2. The predicted octanol–water partition coefficient (Wildman–Crippen LogP) is 2.84. The second-order valence-corrected chi connectivity index (χ2v) is 6.39. The second-order valence-electron chi connectivity index (χ2n) is 6.39. The van der Waals surface area contributed by atoms with Crippen LogP contribution in [0.15, 0.2) is 36.4 Å². The molecule has 0 aromatic heterocycles. The van der Waals surface area contributed by atoms with Gasteiger partial charge in [-0.3, -0.25) is 14.5 Å². The lowest BCUT2D eigenvalue weighted by Gasteiger charge is -2.28. The van der Waals surface area contributed by atoms with Crippen molar-refractivity contribution in [1.29, 1.82) is 0 Å². The number of amides is 2. The Hall–Kier alpha value is -1.90. The lowest BCUT2D eigenvalue weighted by molar-refractivity contribution is -0.126. The van der Waals surface area contributed by atoms with Crippen LogP contribution in [0.3, 0.4) is 0 Å². The first kappa shape index (κ1) is 11.9. The Morgan fingerprint density at radius 2 is 1.90 bits per heavy atom. The Morgan fingerprint density at radius 3 is 2.50 bits per heavy atom. The van der Waals surface area contributed by atoms with Crippen LogP contribution in [0, 0.1) is 24.2 Å². The van der Waals surface area contributed by atoms with Gasteiger partial charge in [0.2, 0.25) is 11.8 Å². The van der Waals surface area contributed by atoms with Crippen LogP contribution in [-0.2, 0) is 9.59 Å². The zero-order chi connectivity index (χ0) is 13.9. The van der Waals surface area contributed by atoms with E-state index in [-0.39, 0.29) is 17.7 Å². The van der Waals surface area contributed by atoms with E-state index in [9.17, 15) is 9.59 Å². The summed E-state index contributed by atoms with van der Waals surface area (Å²) in [6.45, 7) is 2.00. The molecule has 102 valence electrons. The number of allylic oxidation sites excluding steroid dienone is 2. The second kappa shape index (κ2) is 3.81. The summed E-state index contributed by atoms with van der Waals surface area (Å²) in [5.74, 6) is 0.733. The maximum Gasteiger partial charge on any atom is 0.241 e. The monoisotopic (exact) mass is 267 g/mol. The van der Waals surface area contributed by atoms with Gasteiger partial charge in [0.05, 0.1) is 11.1 Å². The summed E-state index contributed by atoms with van der Waals surface area (Å²) in [4.78, 5) is 26.7. The molecular weight excluding hydrogens is 250 g/mol. The fourth-order valence-corrected chi connectivity index (χ4v) is 4.12. The van der Waals surface area contributed by atoms with E-state index in [0.29, 0.717) is 18.0 Å². The molecule has 1 spiro atoms. The molecule has 3 nitrogen and oxygen atoms in total. The molecule has 20 heavy (non-hydrogen) atoms. The van der Waals surface area contributed by atoms with Gasteiger partial charge in [-0.05, 0) is 43.7 Å². The first-order chi connectivity index (χ1) is 9.60. The number of carbonyl (C=O) groups excluding carboxylic acids is 2. The Labute approximate surface area is 118 Å². The molecule has 3 atom stereocenters. The number of anilines is 1. The fraction of sp³-hybridized carbons (Fsp3) is 0.412. The van der Waals surface area contributed by atoms with Crippen LogP contribution >= 0.6 is 0 Å². The molecule has 1 aromatic rings. The molecular formula is C17H17NO2. The van der Waals surface area contributed by atoms with Crippen molar-refractivity contribution in [3.05, 3.63) is 42.0 Å². The van der Waals surface area contributed by atoms with Gasteiger partial charge in [-0.15, -0.1) is 0 Å². The zero-order valence-corrected chi connectivity index (χ0v) is 11.5. The van der Waals surface area contributed by atoms with Crippen molar-refractivity contribution in [3.8, 4) is 0 Å². The van der Waals surface area contributed by atoms with Crippen LogP contribution in [0.25, 0.3) is 0 Å². The minimum Gasteiger partial charge on any atom is -0.274 e. The average molecular weight is 267 g/mol. The first-order valence-corrected chi connectivity index (χ1v) is 7.22. The molecule has 1 aromatic carbocycles. The van der Waals surface area contributed by atoms with Gasteiger partial charge >= 0.3 is 0 Å². The van der Waals surface area contributed by atoms with Crippen LogP contribution < -0.4 is 4.90 Å². The van der Waals surface area contributed by atoms with Gasteiger partial charge < -0.3 is 0 Å². The highest BCUT2D eigenvalue weighted by Gasteiger charge is 2.60. The summed E-state index contributed by atoms with van der Waals surface area (Å²) in [6, 6.07) is 7.63. The van der Waals surface area contributed by atoms with E-state index in [1.54, 1.807) is 0 Å².